The fourth-order valence-corrected chi connectivity index (χ4v) is 5.78. The van der Waals surface area contributed by atoms with E-state index in [-0.39, 0.29) is 5.41 Å². The highest BCUT2D eigenvalue weighted by atomic mass is 32.2. The van der Waals surface area contributed by atoms with Crippen molar-refractivity contribution >= 4 is 21.4 Å². The molecule has 2 fully saturated rings. The predicted molar refractivity (Wildman–Crippen MR) is 78.4 cm³/mol. The highest BCUT2D eigenvalue weighted by Gasteiger charge is 2.43. The molecule has 20 heavy (non-hydrogen) atoms. The Labute approximate surface area is 124 Å². The molecule has 3 rings (SSSR count). The van der Waals surface area contributed by atoms with Crippen molar-refractivity contribution in [3.63, 3.8) is 0 Å². The molecule has 0 N–H and O–H groups in total. The zero-order valence-electron chi connectivity index (χ0n) is 11.6. The molecule has 0 radical (unpaired) electrons. The van der Waals surface area contributed by atoms with Gasteiger partial charge in [0.15, 0.2) is 0 Å². The normalized spacial score (nSPS) is 29.9. The Kier molecular flexibility index (Phi) is 3.89. The number of thiophene rings is 1. The third kappa shape index (κ3) is 2.65. The molecule has 2 aliphatic rings. The van der Waals surface area contributed by atoms with Gasteiger partial charge in [-0.25, -0.2) is 8.42 Å². The molecular formula is C13H20N2O3S2. The van der Waals surface area contributed by atoms with Crippen molar-refractivity contribution in [2.45, 2.75) is 10.6 Å². The van der Waals surface area contributed by atoms with Crippen LogP contribution in [-0.4, -0.2) is 64.1 Å². The first-order chi connectivity index (χ1) is 9.52. The molecule has 1 aromatic heterocycles. The lowest BCUT2D eigenvalue weighted by Gasteiger charge is -2.30. The Bertz CT molecular complexity index is 558. The average Bonchev–Trinajstić information content (AvgIpc) is 2.99. The molecule has 1 spiro atoms. The Hall–Kier alpha value is -0.470. The van der Waals surface area contributed by atoms with Gasteiger partial charge in [-0.15, -0.1) is 11.3 Å². The average molecular weight is 316 g/mol. The number of nitrogens with zero attached hydrogens (tertiary/aromatic N) is 2. The van der Waals surface area contributed by atoms with E-state index in [1.807, 2.05) is 0 Å². The van der Waals surface area contributed by atoms with Crippen LogP contribution in [0.3, 0.4) is 0 Å². The van der Waals surface area contributed by atoms with Gasteiger partial charge in [0, 0.05) is 25.0 Å². The maximum absolute atomic E-state index is 12.7. The van der Waals surface area contributed by atoms with Gasteiger partial charge in [-0.1, -0.05) is 6.07 Å². The van der Waals surface area contributed by atoms with Crippen LogP contribution in [0.4, 0.5) is 0 Å². The molecule has 0 amide bonds. The van der Waals surface area contributed by atoms with Crippen molar-refractivity contribution in [3.05, 3.63) is 17.5 Å². The fraction of sp³-hybridized carbons (Fsp3) is 0.692. The largest absolute Gasteiger partial charge is 0.379 e. The molecule has 1 atom stereocenters. The van der Waals surface area contributed by atoms with Crippen LogP contribution in [0.15, 0.2) is 21.7 Å². The van der Waals surface area contributed by atoms with Gasteiger partial charge >= 0.3 is 0 Å². The van der Waals surface area contributed by atoms with Gasteiger partial charge in [0.1, 0.15) is 4.21 Å². The van der Waals surface area contributed by atoms with E-state index in [0.29, 0.717) is 30.5 Å². The smallest absolute Gasteiger partial charge is 0.252 e. The summed E-state index contributed by atoms with van der Waals surface area (Å²) in [6.45, 7) is 4.08. The minimum atomic E-state index is -3.37. The first-order valence-corrected chi connectivity index (χ1v) is 9.14. The molecule has 0 saturated carbocycles. The number of rotatable bonds is 2. The van der Waals surface area contributed by atoms with Crippen LogP contribution in [0, 0.1) is 5.41 Å². The molecule has 0 unspecified atom stereocenters. The van der Waals surface area contributed by atoms with Gasteiger partial charge in [-0.3, -0.25) is 0 Å². The fourth-order valence-electron chi connectivity index (χ4n) is 3.10. The Morgan fingerprint density at radius 3 is 2.85 bits per heavy atom. The monoisotopic (exact) mass is 316 g/mol. The van der Waals surface area contributed by atoms with Gasteiger partial charge in [0.25, 0.3) is 10.0 Å². The van der Waals surface area contributed by atoms with E-state index < -0.39 is 10.0 Å². The molecule has 0 aromatic carbocycles. The second-order valence-electron chi connectivity index (χ2n) is 5.81. The van der Waals surface area contributed by atoms with E-state index >= 15 is 0 Å². The lowest BCUT2D eigenvalue weighted by atomic mass is 9.88. The third-order valence-electron chi connectivity index (χ3n) is 4.12. The van der Waals surface area contributed by atoms with Crippen LogP contribution < -0.4 is 0 Å². The minimum absolute atomic E-state index is 0.0461. The van der Waals surface area contributed by atoms with Crippen molar-refractivity contribution in [3.8, 4) is 0 Å². The molecular weight excluding hydrogens is 296 g/mol. The van der Waals surface area contributed by atoms with Gasteiger partial charge in [-0.05, 0) is 31.5 Å². The van der Waals surface area contributed by atoms with Crippen molar-refractivity contribution in [2.75, 3.05) is 46.4 Å². The van der Waals surface area contributed by atoms with E-state index in [9.17, 15) is 8.42 Å². The van der Waals surface area contributed by atoms with Gasteiger partial charge in [-0.2, -0.15) is 4.31 Å². The zero-order valence-corrected chi connectivity index (χ0v) is 13.3. The van der Waals surface area contributed by atoms with Crippen LogP contribution in [-0.2, 0) is 14.8 Å². The molecule has 112 valence electrons. The minimum Gasteiger partial charge on any atom is -0.379 e. The zero-order chi connectivity index (χ0) is 14.2. The third-order valence-corrected chi connectivity index (χ3v) is 7.34. The molecule has 5 nitrogen and oxygen atoms in total. The van der Waals surface area contributed by atoms with E-state index in [0.717, 1.165) is 19.5 Å². The highest BCUT2D eigenvalue weighted by molar-refractivity contribution is 7.91. The van der Waals surface area contributed by atoms with Crippen molar-refractivity contribution in [2.24, 2.45) is 5.41 Å². The first kappa shape index (κ1) is 14.5. The molecule has 1 aromatic rings. The topological polar surface area (TPSA) is 49.9 Å². The molecule has 0 aliphatic carbocycles. The second-order valence-corrected chi connectivity index (χ2v) is 8.92. The summed E-state index contributed by atoms with van der Waals surface area (Å²) in [4.78, 5) is 2.25. The maximum Gasteiger partial charge on any atom is 0.252 e. The summed E-state index contributed by atoms with van der Waals surface area (Å²) < 4.78 is 33.1. The van der Waals surface area contributed by atoms with Crippen LogP contribution >= 0.6 is 11.3 Å². The second kappa shape index (κ2) is 5.38. The van der Waals surface area contributed by atoms with Gasteiger partial charge in [0.05, 0.1) is 13.2 Å². The first-order valence-electron chi connectivity index (χ1n) is 6.82. The van der Waals surface area contributed by atoms with Crippen molar-refractivity contribution in [1.29, 1.82) is 0 Å². The summed E-state index contributed by atoms with van der Waals surface area (Å²) in [6.07, 6.45) is 1.000. The van der Waals surface area contributed by atoms with E-state index in [1.54, 1.807) is 21.8 Å². The molecule has 3 heterocycles. The molecule has 7 heteroatoms. The van der Waals surface area contributed by atoms with Crippen LogP contribution in [0.5, 0.6) is 0 Å². The number of hydrogen-bond donors (Lipinski definition) is 0. The SMILES string of the molecule is CN1CC[C@]2(COCCN(S(=O)(=O)c3cccs3)C2)C1. The maximum atomic E-state index is 12.7. The van der Waals surface area contributed by atoms with E-state index in [2.05, 4.69) is 11.9 Å². The number of likely N-dealkylation sites (tertiary alicyclic amines) is 1. The lowest BCUT2D eigenvalue weighted by molar-refractivity contribution is 0.0744. The van der Waals surface area contributed by atoms with Crippen molar-refractivity contribution in [1.82, 2.24) is 9.21 Å². The van der Waals surface area contributed by atoms with Gasteiger partial charge in [0.2, 0.25) is 0 Å². The molecule has 2 saturated heterocycles. The molecule has 0 bridgehead atoms. The summed E-state index contributed by atoms with van der Waals surface area (Å²) in [5.41, 5.74) is -0.0461. The van der Waals surface area contributed by atoms with E-state index in [1.165, 1.54) is 11.3 Å². The number of hydrogen-bond acceptors (Lipinski definition) is 5. The number of ether oxygens (including phenoxy) is 1. The molecule has 2 aliphatic heterocycles. The van der Waals surface area contributed by atoms with Crippen LogP contribution in [0.2, 0.25) is 0 Å². The summed E-state index contributed by atoms with van der Waals surface area (Å²) >= 11 is 1.28. The van der Waals surface area contributed by atoms with Gasteiger partial charge < -0.3 is 9.64 Å². The van der Waals surface area contributed by atoms with Crippen molar-refractivity contribution < 1.29 is 13.2 Å². The highest BCUT2D eigenvalue weighted by Crippen LogP contribution is 2.34. The lowest BCUT2D eigenvalue weighted by Crippen LogP contribution is -2.42. The van der Waals surface area contributed by atoms with Crippen LogP contribution in [0.1, 0.15) is 6.42 Å². The standard InChI is InChI=1S/C13H20N2O3S2/c1-14-5-4-13(9-14)10-15(6-7-18-11-13)20(16,17)12-3-2-8-19-12/h2-3,8H,4-7,9-11H2,1H3/t13-/m0/s1. The Morgan fingerprint density at radius 2 is 2.20 bits per heavy atom. The summed E-state index contributed by atoms with van der Waals surface area (Å²) in [6, 6.07) is 3.46. The predicted octanol–water partition coefficient (Wildman–Crippen LogP) is 1.09. The summed E-state index contributed by atoms with van der Waals surface area (Å²) in [5.74, 6) is 0. The Balaban J connectivity index is 1.86. The quantitative estimate of drug-likeness (QED) is 0.819. The summed E-state index contributed by atoms with van der Waals surface area (Å²) in [5, 5.41) is 1.81. The Morgan fingerprint density at radius 1 is 1.35 bits per heavy atom. The van der Waals surface area contributed by atoms with Crippen LogP contribution in [0.25, 0.3) is 0 Å². The number of sulfonamides is 1. The summed E-state index contributed by atoms with van der Waals surface area (Å²) in [7, 11) is -1.29. The van der Waals surface area contributed by atoms with E-state index in [4.69, 9.17) is 4.74 Å².